The van der Waals surface area contributed by atoms with Crippen molar-refractivity contribution in [3.63, 3.8) is 0 Å². The van der Waals surface area contributed by atoms with Gasteiger partial charge in [0, 0.05) is 6.54 Å². The number of hydrogen-bond donors (Lipinski definition) is 1. The molecule has 0 unspecified atom stereocenters. The van der Waals surface area contributed by atoms with Crippen molar-refractivity contribution >= 4 is 17.5 Å². The Morgan fingerprint density at radius 1 is 1.04 bits per heavy atom. The summed E-state index contributed by atoms with van der Waals surface area (Å²) in [5.41, 5.74) is -0.497. The standard InChI is InChI=1S/C19H19F3N2O3/c1-2-10-24(17(26)12-27-13-6-4-3-5-7-13)11-16(25)23-15-9-8-14(20)18(21)19(15)22/h3-9H,2,10-12H2,1H3,(H,23,25). The van der Waals surface area contributed by atoms with Crippen molar-refractivity contribution in [2.45, 2.75) is 13.3 Å². The normalized spacial score (nSPS) is 10.4. The SMILES string of the molecule is CCCN(CC(=O)Nc1ccc(F)c(F)c1F)C(=O)COc1ccccc1. The second-order valence-electron chi connectivity index (χ2n) is 5.69. The molecular formula is C19H19F3N2O3. The number of carbonyl (C=O) groups is 2. The number of benzene rings is 2. The third kappa shape index (κ3) is 5.73. The first-order valence-electron chi connectivity index (χ1n) is 8.31. The van der Waals surface area contributed by atoms with E-state index in [1.165, 1.54) is 4.90 Å². The van der Waals surface area contributed by atoms with Crippen LogP contribution in [0.2, 0.25) is 0 Å². The van der Waals surface area contributed by atoms with Gasteiger partial charge in [0.1, 0.15) is 5.75 Å². The number of hydrogen-bond acceptors (Lipinski definition) is 3. The molecule has 0 spiro atoms. The average Bonchev–Trinajstić information content (AvgIpc) is 2.67. The molecule has 1 N–H and O–H groups in total. The first-order chi connectivity index (χ1) is 12.9. The van der Waals surface area contributed by atoms with Crippen molar-refractivity contribution in [3.8, 4) is 5.75 Å². The smallest absolute Gasteiger partial charge is 0.260 e. The van der Waals surface area contributed by atoms with Crippen LogP contribution in [0.5, 0.6) is 5.75 Å². The van der Waals surface area contributed by atoms with Crippen LogP contribution in [-0.2, 0) is 9.59 Å². The predicted molar refractivity (Wildman–Crippen MR) is 93.8 cm³/mol. The van der Waals surface area contributed by atoms with Gasteiger partial charge in [0.25, 0.3) is 5.91 Å². The number of nitrogens with one attached hydrogen (secondary N) is 1. The molecule has 0 atom stereocenters. The molecule has 0 aliphatic heterocycles. The van der Waals surface area contributed by atoms with Crippen LogP contribution in [0, 0.1) is 17.5 Å². The molecule has 0 saturated carbocycles. The second kappa shape index (κ2) is 9.61. The fourth-order valence-corrected chi connectivity index (χ4v) is 2.30. The van der Waals surface area contributed by atoms with E-state index in [0.29, 0.717) is 18.2 Å². The summed E-state index contributed by atoms with van der Waals surface area (Å²) < 4.78 is 45.2. The van der Waals surface area contributed by atoms with E-state index in [1.807, 2.05) is 6.92 Å². The van der Waals surface area contributed by atoms with E-state index in [-0.39, 0.29) is 19.7 Å². The van der Waals surface area contributed by atoms with Crippen LogP contribution in [0.3, 0.4) is 0 Å². The van der Waals surface area contributed by atoms with Crippen LogP contribution in [0.4, 0.5) is 18.9 Å². The predicted octanol–water partition coefficient (Wildman–Crippen LogP) is 3.36. The molecule has 0 bridgehead atoms. The van der Waals surface area contributed by atoms with Gasteiger partial charge in [0.2, 0.25) is 5.91 Å². The monoisotopic (exact) mass is 380 g/mol. The fourth-order valence-electron chi connectivity index (χ4n) is 2.30. The van der Waals surface area contributed by atoms with E-state index in [1.54, 1.807) is 30.3 Å². The van der Waals surface area contributed by atoms with Gasteiger partial charge in [-0.3, -0.25) is 9.59 Å². The topological polar surface area (TPSA) is 58.6 Å². The van der Waals surface area contributed by atoms with E-state index < -0.39 is 35.0 Å². The van der Waals surface area contributed by atoms with Crippen molar-refractivity contribution in [2.24, 2.45) is 0 Å². The molecular weight excluding hydrogens is 361 g/mol. The van der Waals surface area contributed by atoms with Crippen molar-refractivity contribution in [1.82, 2.24) is 4.90 Å². The summed E-state index contributed by atoms with van der Waals surface area (Å²) in [5, 5.41) is 2.14. The lowest BCUT2D eigenvalue weighted by molar-refractivity contribution is -0.136. The molecule has 0 heterocycles. The third-order valence-corrected chi connectivity index (χ3v) is 3.60. The van der Waals surface area contributed by atoms with Gasteiger partial charge >= 0.3 is 0 Å². The zero-order chi connectivity index (χ0) is 19.8. The molecule has 27 heavy (non-hydrogen) atoms. The minimum Gasteiger partial charge on any atom is -0.484 e. The van der Waals surface area contributed by atoms with Crippen molar-refractivity contribution in [2.75, 3.05) is 25.0 Å². The Morgan fingerprint density at radius 3 is 2.41 bits per heavy atom. The summed E-state index contributed by atoms with van der Waals surface area (Å²) >= 11 is 0. The minimum absolute atomic E-state index is 0.267. The molecule has 2 amide bonds. The Morgan fingerprint density at radius 2 is 1.74 bits per heavy atom. The maximum atomic E-state index is 13.6. The molecule has 5 nitrogen and oxygen atoms in total. The van der Waals surface area contributed by atoms with Gasteiger partial charge in [-0.25, -0.2) is 13.2 Å². The molecule has 0 fully saturated rings. The summed E-state index contributed by atoms with van der Waals surface area (Å²) in [4.78, 5) is 25.6. The Bertz CT molecular complexity index is 800. The van der Waals surface area contributed by atoms with Gasteiger partial charge in [-0.2, -0.15) is 0 Å². The Labute approximate surface area is 154 Å². The lowest BCUT2D eigenvalue weighted by Gasteiger charge is -2.21. The highest BCUT2D eigenvalue weighted by Crippen LogP contribution is 2.19. The number of ether oxygens (including phenoxy) is 1. The van der Waals surface area contributed by atoms with Gasteiger partial charge in [-0.15, -0.1) is 0 Å². The van der Waals surface area contributed by atoms with Crippen LogP contribution in [-0.4, -0.2) is 36.4 Å². The first-order valence-corrected chi connectivity index (χ1v) is 8.31. The fraction of sp³-hybridized carbons (Fsp3) is 0.263. The average molecular weight is 380 g/mol. The number of nitrogens with zero attached hydrogens (tertiary/aromatic N) is 1. The van der Waals surface area contributed by atoms with Crippen LogP contribution >= 0.6 is 0 Å². The van der Waals surface area contributed by atoms with E-state index in [9.17, 15) is 22.8 Å². The van der Waals surface area contributed by atoms with Crippen LogP contribution in [0.25, 0.3) is 0 Å². The molecule has 0 aromatic heterocycles. The summed E-state index contributed by atoms with van der Waals surface area (Å²) in [7, 11) is 0. The van der Waals surface area contributed by atoms with Crippen molar-refractivity contribution < 1.29 is 27.5 Å². The summed E-state index contributed by atoms with van der Waals surface area (Å²) in [5.74, 6) is -5.18. The Kier molecular flexibility index (Phi) is 7.22. The molecule has 2 aromatic carbocycles. The summed E-state index contributed by atoms with van der Waals surface area (Å²) in [6.07, 6.45) is 0.587. The van der Waals surface area contributed by atoms with Crippen LogP contribution in [0.1, 0.15) is 13.3 Å². The number of rotatable bonds is 8. The summed E-state index contributed by atoms with van der Waals surface area (Å²) in [6.45, 7) is 1.47. The van der Waals surface area contributed by atoms with Crippen molar-refractivity contribution in [3.05, 3.63) is 59.9 Å². The molecule has 0 radical (unpaired) electrons. The van der Waals surface area contributed by atoms with Gasteiger partial charge in [0.05, 0.1) is 12.2 Å². The Hall–Kier alpha value is -3.03. The molecule has 2 aromatic rings. The third-order valence-electron chi connectivity index (χ3n) is 3.60. The molecule has 0 aliphatic carbocycles. The molecule has 8 heteroatoms. The highest BCUT2D eigenvalue weighted by molar-refractivity contribution is 5.94. The maximum Gasteiger partial charge on any atom is 0.260 e. The van der Waals surface area contributed by atoms with E-state index >= 15 is 0 Å². The van der Waals surface area contributed by atoms with Gasteiger partial charge in [-0.05, 0) is 30.7 Å². The first kappa shape index (κ1) is 20.3. The highest BCUT2D eigenvalue weighted by Gasteiger charge is 2.20. The van der Waals surface area contributed by atoms with Crippen LogP contribution in [0.15, 0.2) is 42.5 Å². The van der Waals surface area contributed by atoms with Gasteiger partial charge in [-0.1, -0.05) is 25.1 Å². The number of halogens is 3. The quantitative estimate of drug-likeness (QED) is 0.715. The van der Waals surface area contributed by atoms with Crippen molar-refractivity contribution in [1.29, 1.82) is 0 Å². The lowest BCUT2D eigenvalue weighted by Crippen LogP contribution is -2.41. The number of anilines is 1. The molecule has 144 valence electrons. The number of carbonyl (C=O) groups excluding carboxylic acids is 2. The lowest BCUT2D eigenvalue weighted by atomic mass is 10.2. The second-order valence-corrected chi connectivity index (χ2v) is 5.69. The zero-order valence-electron chi connectivity index (χ0n) is 14.7. The van der Waals surface area contributed by atoms with Gasteiger partial charge < -0.3 is 15.0 Å². The Balaban J connectivity index is 1.97. The molecule has 0 aliphatic rings. The number of amides is 2. The summed E-state index contributed by atoms with van der Waals surface area (Å²) in [6, 6.07) is 10.3. The number of para-hydroxylation sites is 1. The largest absolute Gasteiger partial charge is 0.484 e. The highest BCUT2D eigenvalue weighted by atomic mass is 19.2. The van der Waals surface area contributed by atoms with Crippen LogP contribution < -0.4 is 10.1 Å². The molecule has 0 saturated heterocycles. The van der Waals surface area contributed by atoms with Gasteiger partial charge in [0.15, 0.2) is 24.1 Å². The molecule has 2 rings (SSSR count). The minimum atomic E-state index is -1.68. The van der Waals surface area contributed by atoms with E-state index in [0.717, 1.165) is 6.07 Å². The van der Waals surface area contributed by atoms with E-state index in [4.69, 9.17) is 4.74 Å². The zero-order valence-corrected chi connectivity index (χ0v) is 14.7. The van der Waals surface area contributed by atoms with E-state index in [2.05, 4.69) is 5.32 Å². The maximum absolute atomic E-state index is 13.6.